The Hall–Kier alpha value is -1.53. The number of aromatic nitrogens is 3. The zero-order chi connectivity index (χ0) is 14.7. The van der Waals surface area contributed by atoms with Gasteiger partial charge in [-0.05, 0) is 54.0 Å². The number of piperidine rings is 1. The minimum Gasteiger partial charge on any atom is -0.506 e. The van der Waals surface area contributed by atoms with Crippen LogP contribution < -0.4 is 0 Å². The monoisotopic (exact) mass is 348 g/mol. The Morgan fingerprint density at radius 3 is 2.76 bits per heavy atom. The van der Waals surface area contributed by atoms with Crippen molar-refractivity contribution in [1.82, 2.24) is 19.9 Å². The Balaban J connectivity index is 1.59. The molecule has 0 saturated carbocycles. The minimum absolute atomic E-state index is 0.252. The zero-order valence-corrected chi connectivity index (χ0v) is 13.2. The van der Waals surface area contributed by atoms with E-state index in [4.69, 9.17) is 0 Å². The minimum atomic E-state index is 0.252. The first kappa shape index (κ1) is 14.4. The van der Waals surface area contributed by atoms with E-state index >= 15 is 0 Å². The summed E-state index contributed by atoms with van der Waals surface area (Å²) in [5.74, 6) is 0.762. The van der Waals surface area contributed by atoms with E-state index in [2.05, 4.69) is 35.8 Å². The van der Waals surface area contributed by atoms with Crippen LogP contribution in [-0.2, 0) is 6.54 Å². The van der Waals surface area contributed by atoms with Gasteiger partial charge in [0.15, 0.2) is 0 Å². The van der Waals surface area contributed by atoms with Crippen LogP contribution in [-0.4, -0.2) is 38.0 Å². The second-order valence-electron chi connectivity index (χ2n) is 5.30. The van der Waals surface area contributed by atoms with Crippen molar-refractivity contribution in [3.63, 3.8) is 0 Å². The van der Waals surface area contributed by atoms with Crippen LogP contribution in [0.25, 0.3) is 0 Å². The molecule has 1 aliphatic rings. The molecule has 1 N–H and O–H groups in total. The van der Waals surface area contributed by atoms with Crippen LogP contribution in [0.15, 0.2) is 35.3 Å². The molecule has 2 aromatic heterocycles. The highest BCUT2D eigenvalue weighted by Gasteiger charge is 2.22. The lowest BCUT2D eigenvalue weighted by molar-refractivity contribution is 0.199. The molecule has 3 heterocycles. The van der Waals surface area contributed by atoms with Gasteiger partial charge in [-0.2, -0.15) is 0 Å². The molecule has 0 bridgehead atoms. The standard InChI is InChI=1S/C15H17BrN4O/c16-12-7-15(21)14(18-8-12)9-20-5-2-11(3-6-20)13-1-4-17-10-19-13/h1,4,7-8,10-11,21H,2-3,5-6,9H2. The van der Waals surface area contributed by atoms with Gasteiger partial charge in [0.25, 0.3) is 0 Å². The van der Waals surface area contributed by atoms with Crippen LogP contribution >= 0.6 is 15.9 Å². The maximum Gasteiger partial charge on any atom is 0.139 e. The second kappa shape index (κ2) is 6.49. The number of halogens is 1. The summed E-state index contributed by atoms with van der Waals surface area (Å²) < 4.78 is 0.797. The molecule has 3 rings (SSSR count). The van der Waals surface area contributed by atoms with Crippen molar-refractivity contribution in [3.05, 3.63) is 46.7 Å². The third-order valence-corrected chi connectivity index (χ3v) is 4.33. The van der Waals surface area contributed by atoms with Gasteiger partial charge < -0.3 is 5.11 Å². The van der Waals surface area contributed by atoms with E-state index in [1.807, 2.05) is 6.07 Å². The Kier molecular flexibility index (Phi) is 4.45. The lowest BCUT2D eigenvalue weighted by atomic mass is 9.93. The quantitative estimate of drug-likeness (QED) is 0.923. The predicted octanol–water partition coefficient (Wildman–Crippen LogP) is 2.72. The molecule has 5 nitrogen and oxygen atoms in total. The van der Waals surface area contributed by atoms with Crippen LogP contribution in [0.5, 0.6) is 5.75 Å². The molecule has 0 amide bonds. The SMILES string of the molecule is Oc1cc(Br)cnc1CN1CCC(c2ccncn2)CC1. The summed E-state index contributed by atoms with van der Waals surface area (Å²) in [4.78, 5) is 14.9. The van der Waals surface area contributed by atoms with E-state index < -0.39 is 0 Å². The largest absolute Gasteiger partial charge is 0.506 e. The van der Waals surface area contributed by atoms with Crippen LogP contribution in [0.2, 0.25) is 0 Å². The fraction of sp³-hybridized carbons (Fsp3) is 0.400. The molecule has 1 saturated heterocycles. The Morgan fingerprint density at radius 2 is 2.10 bits per heavy atom. The van der Waals surface area contributed by atoms with Gasteiger partial charge in [-0.25, -0.2) is 9.97 Å². The number of likely N-dealkylation sites (tertiary alicyclic amines) is 1. The predicted molar refractivity (Wildman–Crippen MR) is 82.9 cm³/mol. The number of aromatic hydroxyl groups is 1. The van der Waals surface area contributed by atoms with Crippen LogP contribution in [0.1, 0.15) is 30.1 Å². The number of hydrogen-bond donors (Lipinski definition) is 1. The highest BCUT2D eigenvalue weighted by molar-refractivity contribution is 9.10. The van der Waals surface area contributed by atoms with Gasteiger partial charge in [-0.3, -0.25) is 9.88 Å². The molecule has 21 heavy (non-hydrogen) atoms. The van der Waals surface area contributed by atoms with Gasteiger partial charge in [0, 0.05) is 35.0 Å². The van der Waals surface area contributed by atoms with E-state index in [0.29, 0.717) is 12.5 Å². The number of nitrogens with zero attached hydrogens (tertiary/aromatic N) is 4. The Bertz CT molecular complexity index is 600. The molecular weight excluding hydrogens is 332 g/mol. The summed E-state index contributed by atoms with van der Waals surface area (Å²) in [6.07, 6.45) is 7.30. The molecule has 0 radical (unpaired) electrons. The van der Waals surface area contributed by atoms with E-state index in [0.717, 1.165) is 41.8 Å². The van der Waals surface area contributed by atoms with Crippen molar-refractivity contribution in [2.24, 2.45) is 0 Å². The van der Waals surface area contributed by atoms with Gasteiger partial charge in [0.1, 0.15) is 12.1 Å². The Morgan fingerprint density at radius 1 is 1.29 bits per heavy atom. The molecule has 1 fully saturated rings. The third-order valence-electron chi connectivity index (χ3n) is 3.90. The lowest BCUT2D eigenvalue weighted by Gasteiger charge is -2.31. The fourth-order valence-electron chi connectivity index (χ4n) is 2.72. The lowest BCUT2D eigenvalue weighted by Crippen LogP contribution is -2.33. The molecule has 0 aromatic carbocycles. The highest BCUT2D eigenvalue weighted by Crippen LogP contribution is 2.28. The fourth-order valence-corrected chi connectivity index (χ4v) is 3.04. The molecule has 0 unspecified atom stereocenters. The number of rotatable bonds is 3. The summed E-state index contributed by atoms with van der Waals surface area (Å²) in [6.45, 7) is 2.67. The molecule has 0 atom stereocenters. The average molecular weight is 349 g/mol. The second-order valence-corrected chi connectivity index (χ2v) is 6.22. The van der Waals surface area contributed by atoms with Gasteiger partial charge in [-0.1, -0.05) is 0 Å². The van der Waals surface area contributed by atoms with Crippen molar-refractivity contribution in [1.29, 1.82) is 0 Å². The van der Waals surface area contributed by atoms with Gasteiger partial charge in [0.2, 0.25) is 0 Å². The maximum absolute atomic E-state index is 9.92. The van der Waals surface area contributed by atoms with E-state index in [9.17, 15) is 5.11 Å². The average Bonchev–Trinajstić information content (AvgIpc) is 2.52. The summed E-state index contributed by atoms with van der Waals surface area (Å²) >= 11 is 3.31. The maximum atomic E-state index is 9.92. The first-order valence-corrected chi connectivity index (χ1v) is 7.83. The van der Waals surface area contributed by atoms with Crippen molar-refractivity contribution in [2.75, 3.05) is 13.1 Å². The normalized spacial score (nSPS) is 17.0. The molecule has 1 aliphatic heterocycles. The summed E-state index contributed by atoms with van der Waals surface area (Å²) in [5, 5.41) is 9.92. The van der Waals surface area contributed by atoms with Crippen molar-refractivity contribution in [3.8, 4) is 5.75 Å². The van der Waals surface area contributed by atoms with E-state index in [-0.39, 0.29) is 5.75 Å². The number of hydrogen-bond acceptors (Lipinski definition) is 5. The molecule has 6 heteroatoms. The van der Waals surface area contributed by atoms with Gasteiger partial charge in [0.05, 0.1) is 5.69 Å². The van der Waals surface area contributed by atoms with Gasteiger partial charge in [-0.15, -0.1) is 0 Å². The molecule has 0 spiro atoms. The Labute approximate surface area is 132 Å². The summed E-state index contributed by atoms with van der Waals surface area (Å²) in [5.41, 5.74) is 1.87. The number of pyridine rings is 1. The van der Waals surface area contributed by atoms with Gasteiger partial charge >= 0.3 is 0 Å². The van der Waals surface area contributed by atoms with Crippen LogP contribution in [0.4, 0.5) is 0 Å². The summed E-state index contributed by atoms with van der Waals surface area (Å²) in [7, 11) is 0. The van der Waals surface area contributed by atoms with Crippen LogP contribution in [0, 0.1) is 0 Å². The smallest absolute Gasteiger partial charge is 0.139 e. The van der Waals surface area contributed by atoms with Crippen molar-refractivity contribution >= 4 is 15.9 Å². The van der Waals surface area contributed by atoms with E-state index in [1.165, 1.54) is 0 Å². The first-order chi connectivity index (χ1) is 10.2. The highest BCUT2D eigenvalue weighted by atomic mass is 79.9. The topological polar surface area (TPSA) is 62.1 Å². The third kappa shape index (κ3) is 3.57. The first-order valence-electron chi connectivity index (χ1n) is 7.04. The van der Waals surface area contributed by atoms with Crippen molar-refractivity contribution < 1.29 is 5.11 Å². The summed E-state index contributed by atoms with van der Waals surface area (Å²) in [6, 6.07) is 3.69. The molecule has 0 aliphatic carbocycles. The van der Waals surface area contributed by atoms with E-state index in [1.54, 1.807) is 24.8 Å². The molecule has 110 valence electrons. The van der Waals surface area contributed by atoms with Crippen molar-refractivity contribution in [2.45, 2.75) is 25.3 Å². The zero-order valence-electron chi connectivity index (χ0n) is 11.6. The molecular formula is C15H17BrN4O. The van der Waals surface area contributed by atoms with Crippen LogP contribution in [0.3, 0.4) is 0 Å². The molecule has 2 aromatic rings.